The molecule has 0 heterocycles. The summed E-state index contributed by atoms with van der Waals surface area (Å²) in [6.07, 6.45) is -5.23. The summed E-state index contributed by atoms with van der Waals surface area (Å²) in [5.74, 6) is -2.75. The molecule has 0 aromatic heterocycles. The van der Waals surface area contributed by atoms with E-state index in [9.17, 15) is 27.2 Å². The van der Waals surface area contributed by atoms with Crippen molar-refractivity contribution >= 4 is 46.7 Å². The average molecular weight is 771 g/mol. The van der Waals surface area contributed by atoms with Crippen LogP contribution in [-0.4, -0.2) is 29.1 Å². The number of hydrogen-bond acceptors (Lipinski definition) is 5. The molecular weight excluding hydrogens is 737 g/mol. The molecule has 0 radical (unpaired) electrons. The van der Waals surface area contributed by atoms with Crippen molar-refractivity contribution in [2.24, 2.45) is 5.73 Å². The molecule has 5 aromatic carbocycles. The van der Waals surface area contributed by atoms with Crippen molar-refractivity contribution in [1.82, 2.24) is 5.32 Å². The number of nitrogens with two attached hydrogens (primary N) is 1. The fourth-order valence-corrected chi connectivity index (χ4v) is 5.31. The lowest BCUT2D eigenvalue weighted by molar-refractivity contribution is -0.192. The number of halogens is 6. The van der Waals surface area contributed by atoms with E-state index in [-0.39, 0.29) is 37.7 Å². The summed E-state index contributed by atoms with van der Waals surface area (Å²) in [6, 6.07) is 33.9. The molecule has 0 atom stereocenters. The van der Waals surface area contributed by atoms with Gasteiger partial charge < -0.3 is 25.8 Å². The molecule has 53 heavy (non-hydrogen) atoms. The Morgan fingerprint density at radius 2 is 1.49 bits per heavy atom. The van der Waals surface area contributed by atoms with Crippen molar-refractivity contribution in [3.63, 3.8) is 0 Å². The van der Waals surface area contributed by atoms with Gasteiger partial charge in [-0.15, -0.1) is 0 Å². The number of amides is 2. The van der Waals surface area contributed by atoms with E-state index in [4.69, 9.17) is 43.6 Å². The predicted molar refractivity (Wildman–Crippen MR) is 195 cm³/mol. The molecule has 0 aliphatic heterocycles. The summed E-state index contributed by atoms with van der Waals surface area (Å²) in [5.41, 5.74) is 10.2. The minimum atomic E-state index is -5.08. The third kappa shape index (κ3) is 12.1. The van der Waals surface area contributed by atoms with E-state index in [0.717, 1.165) is 22.3 Å². The highest BCUT2D eigenvalue weighted by molar-refractivity contribution is 6.35. The Bertz CT molecular complexity index is 2050. The van der Waals surface area contributed by atoms with Gasteiger partial charge >= 0.3 is 12.1 Å². The minimum Gasteiger partial charge on any atom is -0.475 e. The highest BCUT2D eigenvalue weighted by Crippen LogP contribution is 2.35. The zero-order valence-corrected chi connectivity index (χ0v) is 29.4. The normalized spacial score (nSPS) is 10.8. The van der Waals surface area contributed by atoms with Gasteiger partial charge in [0.15, 0.2) is 5.75 Å². The van der Waals surface area contributed by atoms with Crippen LogP contribution in [0.25, 0.3) is 11.1 Å². The van der Waals surface area contributed by atoms with E-state index >= 15 is 0 Å². The molecule has 0 unspecified atom stereocenters. The summed E-state index contributed by atoms with van der Waals surface area (Å²) in [6.45, 7) is 0.603. The van der Waals surface area contributed by atoms with E-state index in [0.29, 0.717) is 39.3 Å². The van der Waals surface area contributed by atoms with E-state index in [1.807, 2.05) is 60.7 Å². The molecule has 4 N–H and O–H groups in total. The lowest BCUT2D eigenvalue weighted by atomic mass is 10.0. The van der Waals surface area contributed by atoms with E-state index in [2.05, 4.69) is 5.32 Å². The first-order valence-electron chi connectivity index (χ1n) is 16.0. The maximum Gasteiger partial charge on any atom is 0.490 e. The summed E-state index contributed by atoms with van der Waals surface area (Å²) in [4.78, 5) is 37.0. The largest absolute Gasteiger partial charge is 0.490 e. The number of carbonyl (C=O) groups is 3. The monoisotopic (exact) mass is 769 g/mol. The number of nitrogens with one attached hydrogen (secondary N) is 1. The number of rotatable bonds is 12. The van der Waals surface area contributed by atoms with Gasteiger partial charge in [-0.05, 0) is 65.2 Å². The minimum absolute atomic E-state index is 0.0327. The van der Waals surface area contributed by atoms with Crippen molar-refractivity contribution < 1.29 is 41.8 Å². The number of ether oxygens (including phenoxy) is 1. The van der Waals surface area contributed by atoms with Crippen molar-refractivity contribution in [3.05, 3.63) is 148 Å². The second-order valence-electron chi connectivity index (χ2n) is 11.4. The number of para-hydroxylation sites is 2. The number of alkyl halides is 3. The van der Waals surface area contributed by atoms with Gasteiger partial charge in [-0.25, -0.2) is 9.18 Å². The molecule has 0 saturated heterocycles. The standard InChI is InChI=1S/C37H32Cl2FN3O3.C2HF3O2/c38-29-16-17-32(39)31(21-29)27-14-12-25(13-15-27)24-43(37(45)19-18-36(44)42-23-28-7-1-2-9-33(28)40)34-10-3-4-11-35(34)46-30-8-5-6-26(20-30)22-41;3-2(4,5)1(6)7/h1-17,20-21H,18-19,22-24,41H2,(H,42,44);(H,6,7). The fraction of sp³-hybridized carbons (Fsp3) is 0.154. The molecule has 5 rings (SSSR count). The Labute approximate surface area is 312 Å². The van der Waals surface area contributed by atoms with Crippen LogP contribution in [0.5, 0.6) is 11.5 Å². The van der Waals surface area contributed by atoms with Crippen LogP contribution < -0.4 is 20.7 Å². The highest BCUT2D eigenvalue weighted by atomic mass is 35.5. The number of carboxylic acid groups (broad SMARTS) is 1. The first-order valence-corrected chi connectivity index (χ1v) is 16.7. The van der Waals surface area contributed by atoms with Gasteiger partial charge in [-0.2, -0.15) is 13.2 Å². The molecule has 14 heteroatoms. The summed E-state index contributed by atoms with van der Waals surface area (Å²) >= 11 is 12.6. The van der Waals surface area contributed by atoms with E-state index in [1.165, 1.54) is 6.07 Å². The number of nitrogens with zero attached hydrogens (tertiary/aromatic N) is 1. The zero-order valence-electron chi connectivity index (χ0n) is 27.9. The molecule has 0 spiro atoms. The quantitative estimate of drug-likeness (QED) is 0.109. The Hall–Kier alpha value is -5.43. The van der Waals surface area contributed by atoms with Gasteiger partial charge in [0.2, 0.25) is 11.8 Å². The molecule has 8 nitrogen and oxygen atoms in total. The van der Waals surface area contributed by atoms with Crippen molar-refractivity contribution in [2.75, 3.05) is 4.90 Å². The molecule has 0 saturated carbocycles. The van der Waals surface area contributed by atoms with E-state index < -0.39 is 18.0 Å². The van der Waals surface area contributed by atoms with Gasteiger partial charge in [0.25, 0.3) is 0 Å². The number of aliphatic carboxylic acids is 1. The maximum atomic E-state index is 14.0. The third-order valence-electron chi connectivity index (χ3n) is 7.60. The first-order chi connectivity index (χ1) is 25.2. The molecule has 0 aliphatic carbocycles. The lowest BCUT2D eigenvalue weighted by Crippen LogP contribution is -2.32. The Kier molecular flexibility index (Phi) is 14.4. The highest BCUT2D eigenvalue weighted by Gasteiger charge is 2.38. The first kappa shape index (κ1) is 40.3. The number of hydrogen-bond donors (Lipinski definition) is 3. The Balaban J connectivity index is 0.000000815. The smallest absolute Gasteiger partial charge is 0.475 e. The van der Waals surface area contributed by atoms with Crippen LogP contribution in [0.4, 0.5) is 23.2 Å². The van der Waals surface area contributed by atoms with Crippen LogP contribution in [0, 0.1) is 5.82 Å². The number of benzene rings is 5. The molecule has 0 aliphatic rings. The summed E-state index contributed by atoms with van der Waals surface area (Å²) in [5, 5.41) is 11.0. The van der Waals surface area contributed by atoms with Gasteiger partial charge in [0.05, 0.1) is 12.2 Å². The number of carbonyl (C=O) groups excluding carboxylic acids is 2. The zero-order chi connectivity index (χ0) is 38.5. The fourth-order valence-electron chi connectivity index (χ4n) is 4.91. The number of anilines is 1. The van der Waals surface area contributed by atoms with Crippen molar-refractivity contribution in [2.45, 2.75) is 38.7 Å². The van der Waals surface area contributed by atoms with Crippen molar-refractivity contribution in [3.8, 4) is 22.6 Å². The topological polar surface area (TPSA) is 122 Å². The van der Waals surface area contributed by atoms with Crippen LogP contribution in [-0.2, 0) is 34.0 Å². The van der Waals surface area contributed by atoms with Crippen LogP contribution >= 0.6 is 23.2 Å². The summed E-state index contributed by atoms with van der Waals surface area (Å²) in [7, 11) is 0. The molecule has 0 bridgehead atoms. The predicted octanol–water partition coefficient (Wildman–Crippen LogP) is 9.31. The third-order valence-corrected chi connectivity index (χ3v) is 8.16. The van der Waals surface area contributed by atoms with Crippen LogP contribution in [0.3, 0.4) is 0 Å². The molecule has 5 aromatic rings. The average Bonchev–Trinajstić information content (AvgIpc) is 3.14. The van der Waals surface area contributed by atoms with Gasteiger partial charge in [0, 0.05) is 47.1 Å². The molecule has 0 fully saturated rings. The second-order valence-corrected chi connectivity index (χ2v) is 12.2. The lowest BCUT2D eigenvalue weighted by Gasteiger charge is -2.25. The molecule has 276 valence electrons. The van der Waals surface area contributed by atoms with Crippen molar-refractivity contribution in [1.29, 1.82) is 0 Å². The van der Waals surface area contributed by atoms with Crippen LogP contribution in [0.15, 0.2) is 115 Å². The Morgan fingerprint density at radius 3 is 2.17 bits per heavy atom. The van der Waals surface area contributed by atoms with Gasteiger partial charge in [-0.3, -0.25) is 9.59 Å². The second kappa shape index (κ2) is 18.9. The van der Waals surface area contributed by atoms with Gasteiger partial charge in [0.1, 0.15) is 11.6 Å². The molecule has 2 amide bonds. The van der Waals surface area contributed by atoms with Gasteiger partial charge in [-0.1, -0.05) is 89.9 Å². The maximum absolute atomic E-state index is 14.0. The van der Waals surface area contributed by atoms with Crippen LogP contribution in [0.2, 0.25) is 10.0 Å². The SMILES string of the molecule is NCc1cccc(Oc2ccccc2N(Cc2ccc(-c3cc(Cl)ccc3Cl)cc2)C(=O)CCC(=O)NCc2ccccc2F)c1.O=C(O)C(F)(F)F. The Morgan fingerprint density at radius 1 is 0.811 bits per heavy atom. The van der Waals surface area contributed by atoms with E-state index in [1.54, 1.807) is 53.4 Å². The number of carboxylic acids is 1. The molecular formula is C39H33Cl2F4N3O5. The summed E-state index contributed by atoms with van der Waals surface area (Å²) < 4.78 is 52.0. The van der Waals surface area contributed by atoms with Crippen LogP contribution in [0.1, 0.15) is 29.5 Å².